The second kappa shape index (κ2) is 9.60. The number of pyridine rings is 1. The molecule has 1 aliphatic heterocycles. The number of hydrogen-bond donors (Lipinski definition) is 1. The number of methoxy groups -OCH3 is 1. The number of amides is 1. The Hall–Kier alpha value is -3.43. The summed E-state index contributed by atoms with van der Waals surface area (Å²) in [6, 6.07) is 10.2. The summed E-state index contributed by atoms with van der Waals surface area (Å²) in [4.78, 5) is 40.6. The second-order valence-corrected chi connectivity index (χ2v) is 8.00. The lowest BCUT2D eigenvalue weighted by molar-refractivity contribution is -0.135. The Bertz CT molecular complexity index is 1290. The van der Waals surface area contributed by atoms with Crippen molar-refractivity contribution in [1.29, 1.82) is 0 Å². The molecule has 1 unspecified atom stereocenters. The van der Waals surface area contributed by atoms with Crippen molar-refractivity contribution in [3.05, 3.63) is 74.1 Å². The molecule has 3 heterocycles. The molecule has 1 aromatic carbocycles. The molecule has 1 N–H and O–H groups in total. The molecule has 1 aliphatic rings. The summed E-state index contributed by atoms with van der Waals surface area (Å²) < 4.78 is 17.7. The molecule has 1 saturated heterocycles. The van der Waals surface area contributed by atoms with Crippen LogP contribution in [0.4, 0.5) is 0 Å². The van der Waals surface area contributed by atoms with Crippen LogP contribution in [0, 0.1) is 0 Å². The van der Waals surface area contributed by atoms with E-state index in [1.165, 1.54) is 11.7 Å². The first-order chi connectivity index (χ1) is 15.9. The fourth-order valence-corrected chi connectivity index (χ4v) is 4.16. The zero-order chi connectivity index (χ0) is 23.5. The maximum Gasteiger partial charge on any atom is 0.254 e. The molecule has 0 aliphatic carbocycles. The zero-order valence-electron chi connectivity index (χ0n) is 18.6. The third-order valence-corrected chi connectivity index (χ3v) is 5.88. The molecule has 0 bridgehead atoms. The minimum atomic E-state index is -0.965. The van der Waals surface area contributed by atoms with Crippen molar-refractivity contribution in [3.8, 4) is 5.75 Å². The van der Waals surface area contributed by atoms with Crippen LogP contribution in [0.3, 0.4) is 0 Å². The van der Waals surface area contributed by atoms with Gasteiger partial charge in [0.25, 0.3) is 5.56 Å². The highest BCUT2D eigenvalue weighted by atomic mass is 16.5. The topological polar surface area (TPSA) is 111 Å². The largest absolute Gasteiger partial charge is 0.502 e. The van der Waals surface area contributed by atoms with E-state index < -0.39 is 17.1 Å². The normalized spacial score (nSPS) is 15.0. The van der Waals surface area contributed by atoms with Gasteiger partial charge >= 0.3 is 0 Å². The predicted molar refractivity (Wildman–Crippen MR) is 120 cm³/mol. The van der Waals surface area contributed by atoms with E-state index in [9.17, 15) is 19.5 Å². The third kappa shape index (κ3) is 4.55. The Balaban J connectivity index is 1.88. The molecule has 33 heavy (non-hydrogen) atoms. The van der Waals surface area contributed by atoms with Crippen LogP contribution in [-0.2, 0) is 27.9 Å². The van der Waals surface area contributed by atoms with Crippen LogP contribution in [0.25, 0.3) is 10.9 Å². The molecule has 2 aromatic heterocycles. The standard InChI is InChI=1S/C24H26N2O7/c1-25-19-6-4-3-5-15(19)11-18(24(25)30)17(13-21(28)26-7-9-32-10-8-26)23-22(29)20(27)12-16(33-23)14-31-2/h3-6,11-12,17,29H,7-10,13-14H2,1-2H3. The Kier molecular flexibility index (Phi) is 6.62. The number of ether oxygens (including phenoxy) is 2. The van der Waals surface area contributed by atoms with Crippen molar-refractivity contribution in [2.75, 3.05) is 33.4 Å². The van der Waals surface area contributed by atoms with Crippen molar-refractivity contribution in [1.82, 2.24) is 9.47 Å². The van der Waals surface area contributed by atoms with Crippen molar-refractivity contribution >= 4 is 16.8 Å². The molecular formula is C24H26N2O7. The fourth-order valence-electron chi connectivity index (χ4n) is 4.16. The van der Waals surface area contributed by atoms with Crippen molar-refractivity contribution < 1.29 is 23.8 Å². The average Bonchev–Trinajstić information content (AvgIpc) is 2.83. The summed E-state index contributed by atoms with van der Waals surface area (Å²) in [6.07, 6.45) is -0.152. The first-order valence-electron chi connectivity index (χ1n) is 10.7. The molecule has 0 saturated carbocycles. The molecule has 1 atom stereocenters. The number of morpholine rings is 1. The highest BCUT2D eigenvalue weighted by molar-refractivity contribution is 5.81. The highest BCUT2D eigenvalue weighted by Crippen LogP contribution is 2.33. The minimum Gasteiger partial charge on any atom is -0.502 e. The van der Waals surface area contributed by atoms with Crippen LogP contribution in [0.5, 0.6) is 5.75 Å². The summed E-state index contributed by atoms with van der Waals surface area (Å²) in [7, 11) is 3.09. The van der Waals surface area contributed by atoms with Gasteiger partial charge in [0.2, 0.25) is 17.1 Å². The van der Waals surface area contributed by atoms with Crippen LogP contribution in [0.15, 0.2) is 50.4 Å². The van der Waals surface area contributed by atoms with E-state index in [-0.39, 0.29) is 41.6 Å². The Morgan fingerprint density at radius 1 is 1.18 bits per heavy atom. The number of aromatic nitrogens is 1. The second-order valence-electron chi connectivity index (χ2n) is 8.00. The molecule has 1 amide bonds. The lowest BCUT2D eigenvalue weighted by Gasteiger charge is -2.28. The van der Waals surface area contributed by atoms with Gasteiger partial charge < -0.3 is 28.5 Å². The van der Waals surface area contributed by atoms with Gasteiger partial charge in [-0.3, -0.25) is 14.4 Å². The van der Waals surface area contributed by atoms with E-state index in [0.29, 0.717) is 26.3 Å². The number of fused-ring (bicyclic) bond motifs is 1. The first-order valence-corrected chi connectivity index (χ1v) is 10.7. The quantitative estimate of drug-likeness (QED) is 0.604. The lowest BCUT2D eigenvalue weighted by atomic mass is 9.91. The Morgan fingerprint density at radius 3 is 2.64 bits per heavy atom. The first kappa shape index (κ1) is 22.8. The fraction of sp³-hybridized carbons (Fsp3) is 0.375. The van der Waals surface area contributed by atoms with Gasteiger partial charge in [0, 0.05) is 45.3 Å². The number of rotatable bonds is 6. The summed E-state index contributed by atoms with van der Waals surface area (Å²) in [6.45, 7) is 1.72. The molecule has 3 aromatic rings. The summed E-state index contributed by atoms with van der Waals surface area (Å²) in [5.74, 6) is -1.74. The van der Waals surface area contributed by atoms with Crippen LogP contribution < -0.4 is 11.0 Å². The van der Waals surface area contributed by atoms with Crippen molar-refractivity contribution in [3.63, 3.8) is 0 Å². The van der Waals surface area contributed by atoms with Gasteiger partial charge in [-0.1, -0.05) is 18.2 Å². The van der Waals surface area contributed by atoms with Gasteiger partial charge in [0.15, 0.2) is 5.76 Å². The van der Waals surface area contributed by atoms with Crippen molar-refractivity contribution in [2.45, 2.75) is 18.9 Å². The molecule has 1 fully saturated rings. The van der Waals surface area contributed by atoms with Crippen LogP contribution in [-0.4, -0.2) is 53.9 Å². The maximum atomic E-state index is 13.4. The molecule has 4 rings (SSSR count). The number of para-hydroxylation sites is 1. The number of carbonyl (C=O) groups excluding carboxylic acids is 1. The minimum absolute atomic E-state index is 0.00236. The zero-order valence-corrected chi connectivity index (χ0v) is 18.6. The number of nitrogens with zero attached hydrogens (tertiary/aromatic N) is 2. The Labute approximate surface area is 189 Å². The van der Waals surface area contributed by atoms with E-state index >= 15 is 0 Å². The van der Waals surface area contributed by atoms with Gasteiger partial charge in [-0.25, -0.2) is 0 Å². The van der Waals surface area contributed by atoms with Crippen LogP contribution >= 0.6 is 0 Å². The van der Waals surface area contributed by atoms with Gasteiger partial charge in [-0.2, -0.15) is 0 Å². The number of aromatic hydroxyl groups is 1. The van der Waals surface area contributed by atoms with E-state index in [1.807, 2.05) is 24.3 Å². The summed E-state index contributed by atoms with van der Waals surface area (Å²) in [5, 5.41) is 11.4. The molecule has 174 valence electrons. The maximum absolute atomic E-state index is 13.4. The van der Waals surface area contributed by atoms with E-state index in [1.54, 1.807) is 18.0 Å². The van der Waals surface area contributed by atoms with Crippen molar-refractivity contribution in [2.24, 2.45) is 7.05 Å². The van der Waals surface area contributed by atoms with E-state index in [0.717, 1.165) is 17.0 Å². The van der Waals surface area contributed by atoms with Gasteiger partial charge in [-0.05, 0) is 17.5 Å². The van der Waals surface area contributed by atoms with E-state index in [4.69, 9.17) is 13.9 Å². The van der Waals surface area contributed by atoms with Crippen LogP contribution in [0.1, 0.15) is 29.4 Å². The molecule has 0 radical (unpaired) electrons. The van der Waals surface area contributed by atoms with E-state index in [2.05, 4.69) is 0 Å². The van der Waals surface area contributed by atoms with Crippen LogP contribution in [0.2, 0.25) is 0 Å². The number of carbonyl (C=O) groups is 1. The lowest BCUT2D eigenvalue weighted by Crippen LogP contribution is -2.41. The van der Waals surface area contributed by atoms with Gasteiger partial charge in [0.1, 0.15) is 12.4 Å². The SMILES string of the molecule is COCc1cc(=O)c(O)c(C(CC(=O)N2CCOCC2)c2cc3ccccc3n(C)c2=O)o1. The number of aryl methyl sites for hydroxylation is 1. The molecule has 9 nitrogen and oxygen atoms in total. The van der Waals surface area contributed by atoms with Gasteiger partial charge in [-0.15, -0.1) is 0 Å². The predicted octanol–water partition coefficient (Wildman–Crippen LogP) is 1.72. The molecule has 0 spiro atoms. The highest BCUT2D eigenvalue weighted by Gasteiger charge is 2.31. The monoisotopic (exact) mass is 454 g/mol. The molecular weight excluding hydrogens is 428 g/mol. The summed E-state index contributed by atoms with van der Waals surface area (Å²) >= 11 is 0. The number of hydrogen-bond acceptors (Lipinski definition) is 7. The smallest absolute Gasteiger partial charge is 0.254 e. The summed E-state index contributed by atoms with van der Waals surface area (Å²) in [5.41, 5.74) is -0.0217. The number of benzene rings is 1. The average molecular weight is 454 g/mol. The Morgan fingerprint density at radius 2 is 1.91 bits per heavy atom. The molecule has 9 heteroatoms. The third-order valence-electron chi connectivity index (χ3n) is 5.88. The van der Waals surface area contributed by atoms with Gasteiger partial charge in [0.05, 0.1) is 24.6 Å².